The third-order valence-electron chi connectivity index (χ3n) is 15.1. The Bertz CT molecular complexity index is 1740. The van der Waals surface area contributed by atoms with E-state index in [0.717, 1.165) is 48.2 Å². The number of epoxide rings is 1. The van der Waals surface area contributed by atoms with Crippen LogP contribution in [0, 0.1) is 23.2 Å². The predicted octanol–water partition coefficient (Wildman–Crippen LogP) is 6.56. The highest BCUT2D eigenvalue weighted by Gasteiger charge is 2.86. The van der Waals surface area contributed by atoms with Crippen LogP contribution in [0.3, 0.4) is 0 Å². The van der Waals surface area contributed by atoms with Crippen molar-refractivity contribution in [1.82, 2.24) is 4.98 Å². The first-order valence-corrected chi connectivity index (χ1v) is 17.2. The summed E-state index contributed by atoms with van der Waals surface area (Å²) < 4.78 is 20.5. The Labute approximate surface area is 264 Å². The van der Waals surface area contributed by atoms with Crippen LogP contribution in [-0.4, -0.2) is 56.4 Å². The number of benzene rings is 1. The van der Waals surface area contributed by atoms with Gasteiger partial charge in [0.05, 0.1) is 17.8 Å². The van der Waals surface area contributed by atoms with Crippen molar-refractivity contribution >= 4 is 22.5 Å². The van der Waals surface area contributed by atoms with E-state index in [2.05, 4.69) is 51.9 Å². The van der Waals surface area contributed by atoms with Crippen molar-refractivity contribution in [3.8, 4) is 0 Å². The lowest BCUT2D eigenvalue weighted by Crippen LogP contribution is -2.76. The van der Waals surface area contributed by atoms with Crippen molar-refractivity contribution < 1.29 is 24.4 Å². The highest BCUT2D eigenvalue weighted by molar-refractivity contribution is 6.32. The summed E-state index contributed by atoms with van der Waals surface area (Å²) in [5, 5.41) is 26.7. The van der Waals surface area contributed by atoms with Crippen LogP contribution in [0.25, 0.3) is 10.9 Å². The fraction of sp³-hybridized carbons (Fsp3) is 0.676. The number of fused-ring (bicyclic) bond motifs is 5. The number of allylic oxidation sites excluding steroid dienone is 1. The van der Waals surface area contributed by atoms with Gasteiger partial charge >= 0.3 is 0 Å². The molecule has 6 nitrogen and oxygen atoms in total. The second-order valence-corrected chi connectivity index (χ2v) is 17.2. The van der Waals surface area contributed by atoms with Gasteiger partial charge in [-0.25, -0.2) is 0 Å². The number of aliphatic hydroxyl groups excluding tert-OH is 1. The lowest BCUT2D eigenvalue weighted by atomic mass is 9.40. The van der Waals surface area contributed by atoms with Crippen LogP contribution in [0.15, 0.2) is 30.4 Å². The number of ether oxygens (including phenoxy) is 3. The molecule has 3 N–H and O–H groups in total. The van der Waals surface area contributed by atoms with Gasteiger partial charge in [-0.15, -0.1) is 0 Å². The number of hydrogen-bond donors (Lipinski definition) is 3. The van der Waals surface area contributed by atoms with Crippen molar-refractivity contribution in [1.29, 1.82) is 0 Å². The minimum absolute atomic E-state index is 0.0809. The second kappa shape index (κ2) is 7.72. The minimum Gasteiger partial charge on any atom is -0.387 e. The standard InChI is InChI=1S/C37H44ClNO5/c1-15(2)29-28(40)32-37(44-32)23(42-29)9-10-34(6)35(7)19(8-11-36(34,37)41)30-27-26-22(39-31(27)35)14-21(38)18-12-16(3)17-13-20(24(17)25(18)26)33(4,5)43-30/h14,17,19-20,23-24,28-30,32,39-41H,1,3,8-13H2,2,4-7H3/t17-,19+,20+,23+,24-,28+,29-,30+,32-,34-,35-,36+,37-/m1/s1. The lowest BCUT2D eigenvalue weighted by Gasteiger charge is -2.66. The zero-order chi connectivity index (χ0) is 30.7. The number of aromatic amines is 1. The molecule has 7 heteroatoms. The van der Waals surface area contributed by atoms with Crippen LogP contribution >= 0.6 is 11.6 Å². The van der Waals surface area contributed by atoms with Gasteiger partial charge in [0.1, 0.15) is 23.9 Å². The number of rotatable bonds is 1. The Kier molecular flexibility index (Phi) is 4.81. The van der Waals surface area contributed by atoms with E-state index in [9.17, 15) is 10.2 Å². The molecule has 5 aliphatic carbocycles. The van der Waals surface area contributed by atoms with Gasteiger partial charge in [-0.1, -0.05) is 44.2 Å². The molecule has 8 aliphatic rings. The topological polar surface area (TPSA) is 87.2 Å². The van der Waals surface area contributed by atoms with Crippen LogP contribution in [-0.2, 0) is 26.0 Å². The summed E-state index contributed by atoms with van der Waals surface area (Å²) in [4.78, 5) is 3.96. The zero-order valence-electron chi connectivity index (χ0n) is 26.4. The SMILES string of the molecule is C=C1Cc2c(Cl)cc3[nH]c4c5c3c2[C@@H]2[C@@H]1C[C@@H]2C(C)(C)O[C@H]5[C@@H]1CC[C@@]2(O)[C@]35O[C@@H]3[C@@H](O)[C@@H](C(=C)C)O[C@H]5CC[C@]2(C)[C@@]41C. The van der Waals surface area contributed by atoms with Gasteiger partial charge in [0.15, 0.2) is 5.60 Å². The molecule has 2 saturated heterocycles. The molecule has 1 aromatic carbocycles. The Morgan fingerprint density at radius 2 is 1.86 bits per heavy atom. The summed E-state index contributed by atoms with van der Waals surface area (Å²) in [5.74, 6) is 1.43. The van der Waals surface area contributed by atoms with Gasteiger partial charge in [0.2, 0.25) is 0 Å². The molecule has 234 valence electrons. The average Bonchev–Trinajstić information content (AvgIpc) is 3.53. The highest BCUT2D eigenvalue weighted by atomic mass is 35.5. The van der Waals surface area contributed by atoms with Crippen LogP contribution < -0.4 is 0 Å². The normalized spacial score (nSPS) is 51.7. The van der Waals surface area contributed by atoms with E-state index < -0.39 is 40.3 Å². The molecule has 0 unspecified atom stereocenters. The second-order valence-electron chi connectivity index (χ2n) is 16.8. The molecule has 10 rings (SSSR count). The third kappa shape index (κ3) is 2.59. The Hall–Kier alpha value is -1.67. The Morgan fingerprint density at radius 3 is 2.61 bits per heavy atom. The maximum Gasteiger partial charge on any atom is 0.153 e. The molecule has 3 saturated carbocycles. The molecule has 4 heterocycles. The predicted molar refractivity (Wildman–Crippen MR) is 168 cm³/mol. The lowest BCUT2D eigenvalue weighted by molar-refractivity contribution is -0.274. The first kappa shape index (κ1) is 27.4. The molecule has 2 aromatic rings. The van der Waals surface area contributed by atoms with Crippen molar-refractivity contribution in [3.63, 3.8) is 0 Å². The van der Waals surface area contributed by atoms with E-state index in [1.807, 2.05) is 6.92 Å². The average molecular weight is 618 g/mol. The van der Waals surface area contributed by atoms with Crippen molar-refractivity contribution in [2.45, 2.75) is 132 Å². The van der Waals surface area contributed by atoms with Crippen LogP contribution in [0.4, 0.5) is 0 Å². The molecule has 3 aliphatic heterocycles. The molecule has 0 amide bonds. The van der Waals surface area contributed by atoms with Gasteiger partial charge in [-0.3, -0.25) is 0 Å². The van der Waals surface area contributed by atoms with Crippen LogP contribution in [0.1, 0.15) is 101 Å². The summed E-state index contributed by atoms with van der Waals surface area (Å²) in [6.45, 7) is 19.8. The van der Waals surface area contributed by atoms with Gasteiger partial charge in [-0.05, 0) is 99.8 Å². The number of hydrogen-bond acceptors (Lipinski definition) is 5. The quantitative estimate of drug-likeness (QED) is 0.249. The molecule has 0 radical (unpaired) electrons. The number of nitrogens with one attached hydrogen (secondary N) is 1. The molecule has 13 atom stereocenters. The zero-order valence-corrected chi connectivity index (χ0v) is 27.2. The number of aromatic nitrogens is 1. The molecule has 1 spiro atoms. The maximum atomic E-state index is 13.2. The molecular formula is C37H44ClNO5. The molecule has 44 heavy (non-hydrogen) atoms. The minimum atomic E-state index is -1.18. The monoisotopic (exact) mass is 617 g/mol. The summed E-state index contributed by atoms with van der Waals surface area (Å²) in [7, 11) is 0. The first-order chi connectivity index (χ1) is 20.7. The first-order valence-electron chi connectivity index (χ1n) is 16.8. The van der Waals surface area contributed by atoms with Gasteiger partial charge in [-0.2, -0.15) is 0 Å². The van der Waals surface area contributed by atoms with E-state index in [1.165, 1.54) is 33.3 Å². The largest absolute Gasteiger partial charge is 0.387 e. The Morgan fingerprint density at radius 1 is 1.09 bits per heavy atom. The summed E-state index contributed by atoms with van der Waals surface area (Å²) in [6, 6.07) is 2.13. The van der Waals surface area contributed by atoms with Crippen molar-refractivity contribution in [2.24, 2.45) is 23.2 Å². The number of H-pyrrole nitrogens is 1. The van der Waals surface area contributed by atoms with E-state index in [-0.39, 0.29) is 23.7 Å². The van der Waals surface area contributed by atoms with E-state index in [4.69, 9.17) is 25.8 Å². The highest BCUT2D eigenvalue weighted by Crippen LogP contribution is 2.77. The van der Waals surface area contributed by atoms with E-state index >= 15 is 0 Å². The fourth-order valence-electron chi connectivity index (χ4n) is 12.7. The van der Waals surface area contributed by atoms with Gasteiger partial charge in [0.25, 0.3) is 0 Å². The molecule has 1 aromatic heterocycles. The summed E-state index contributed by atoms with van der Waals surface area (Å²) in [6.07, 6.45) is 2.76. The molecular weight excluding hydrogens is 574 g/mol. The van der Waals surface area contributed by atoms with E-state index in [1.54, 1.807) is 0 Å². The third-order valence-corrected chi connectivity index (χ3v) is 15.4. The summed E-state index contributed by atoms with van der Waals surface area (Å²) >= 11 is 7.11. The van der Waals surface area contributed by atoms with Crippen LogP contribution in [0.5, 0.6) is 0 Å². The van der Waals surface area contributed by atoms with Gasteiger partial charge < -0.3 is 29.4 Å². The van der Waals surface area contributed by atoms with Crippen molar-refractivity contribution in [3.05, 3.63) is 57.8 Å². The summed E-state index contributed by atoms with van der Waals surface area (Å²) in [5.41, 5.74) is 4.97. The molecule has 5 fully saturated rings. The number of halogens is 1. The smallest absolute Gasteiger partial charge is 0.153 e. The van der Waals surface area contributed by atoms with Crippen LogP contribution in [0.2, 0.25) is 5.02 Å². The van der Waals surface area contributed by atoms with Crippen molar-refractivity contribution in [2.75, 3.05) is 0 Å². The Balaban J connectivity index is 1.20. The molecule has 0 bridgehead atoms. The van der Waals surface area contributed by atoms with E-state index in [0.29, 0.717) is 24.2 Å². The maximum absolute atomic E-state index is 13.2. The van der Waals surface area contributed by atoms with Gasteiger partial charge in [0, 0.05) is 43.9 Å². The fourth-order valence-corrected chi connectivity index (χ4v) is 13.0. The number of aliphatic hydroxyl groups is 2.